The minimum absolute atomic E-state index is 0.0228. The van der Waals surface area contributed by atoms with Gasteiger partial charge < -0.3 is 4.90 Å². The van der Waals surface area contributed by atoms with Crippen molar-refractivity contribution in [3.05, 3.63) is 56.4 Å². The Hall–Kier alpha value is -3.83. The molecule has 0 unspecified atom stereocenters. The van der Waals surface area contributed by atoms with Crippen LogP contribution in [-0.4, -0.2) is 38.8 Å². The Kier molecular flexibility index (Phi) is 5.58. The number of rotatable bonds is 6. The SMILES string of the molecule is O=C(NNc1ncnc(N2CCCCC2)c1[N+](=O)[O-])c1cccc([N+](=O)[O-])c1. The highest BCUT2D eigenvalue weighted by Gasteiger charge is 2.28. The van der Waals surface area contributed by atoms with E-state index < -0.39 is 15.8 Å². The summed E-state index contributed by atoms with van der Waals surface area (Å²) in [5.41, 5.74) is 4.15. The van der Waals surface area contributed by atoms with E-state index in [2.05, 4.69) is 20.8 Å². The van der Waals surface area contributed by atoms with Crippen molar-refractivity contribution >= 4 is 28.9 Å². The molecule has 3 rings (SSSR count). The summed E-state index contributed by atoms with van der Waals surface area (Å²) >= 11 is 0. The second-order valence-electron chi connectivity index (χ2n) is 6.09. The lowest BCUT2D eigenvalue weighted by Gasteiger charge is -2.27. The molecule has 0 radical (unpaired) electrons. The molecule has 1 aliphatic rings. The Morgan fingerprint density at radius 1 is 1.07 bits per heavy atom. The first-order chi connectivity index (χ1) is 13.5. The predicted molar refractivity (Wildman–Crippen MR) is 98.9 cm³/mol. The number of hydrogen-bond acceptors (Lipinski definition) is 9. The van der Waals surface area contributed by atoms with E-state index in [-0.39, 0.29) is 28.6 Å². The van der Waals surface area contributed by atoms with Gasteiger partial charge in [-0.3, -0.25) is 35.9 Å². The number of hydrazine groups is 1. The number of aromatic nitrogens is 2. The third-order valence-electron chi connectivity index (χ3n) is 4.25. The van der Waals surface area contributed by atoms with E-state index in [1.54, 1.807) is 0 Å². The number of benzene rings is 1. The molecule has 0 saturated carbocycles. The highest BCUT2D eigenvalue weighted by Crippen LogP contribution is 2.32. The van der Waals surface area contributed by atoms with Crippen LogP contribution in [0.2, 0.25) is 0 Å². The van der Waals surface area contributed by atoms with Crippen molar-refractivity contribution in [3.8, 4) is 0 Å². The number of carbonyl (C=O) groups is 1. The largest absolute Gasteiger partial charge is 0.355 e. The van der Waals surface area contributed by atoms with E-state index in [4.69, 9.17) is 0 Å². The van der Waals surface area contributed by atoms with E-state index >= 15 is 0 Å². The number of piperidine rings is 1. The summed E-state index contributed by atoms with van der Waals surface area (Å²) in [6.45, 7) is 1.30. The van der Waals surface area contributed by atoms with Gasteiger partial charge >= 0.3 is 5.69 Å². The van der Waals surface area contributed by atoms with Gasteiger partial charge in [0.15, 0.2) is 0 Å². The summed E-state index contributed by atoms with van der Waals surface area (Å²) in [6.07, 6.45) is 4.05. The molecule has 12 heteroatoms. The summed E-state index contributed by atoms with van der Waals surface area (Å²) in [5, 5.41) is 22.4. The topological polar surface area (TPSA) is 156 Å². The van der Waals surface area contributed by atoms with Crippen LogP contribution in [0.1, 0.15) is 29.6 Å². The van der Waals surface area contributed by atoms with Crippen LogP contribution in [0.15, 0.2) is 30.6 Å². The molecule has 0 bridgehead atoms. The first-order valence-corrected chi connectivity index (χ1v) is 8.52. The maximum Gasteiger partial charge on any atom is 0.355 e. The van der Waals surface area contributed by atoms with Crippen LogP contribution < -0.4 is 15.8 Å². The van der Waals surface area contributed by atoms with E-state index in [1.807, 2.05) is 4.90 Å². The normalized spacial score (nSPS) is 13.6. The lowest BCUT2D eigenvalue weighted by molar-refractivity contribution is -0.384. The number of nitrogens with one attached hydrogen (secondary N) is 2. The van der Waals surface area contributed by atoms with Gasteiger partial charge in [0.05, 0.1) is 9.85 Å². The van der Waals surface area contributed by atoms with Crippen molar-refractivity contribution in [1.29, 1.82) is 0 Å². The molecule has 1 aromatic heterocycles. The van der Waals surface area contributed by atoms with E-state index in [0.29, 0.717) is 13.1 Å². The zero-order chi connectivity index (χ0) is 20.1. The molecule has 2 heterocycles. The van der Waals surface area contributed by atoms with Crippen molar-refractivity contribution in [2.75, 3.05) is 23.4 Å². The minimum Gasteiger partial charge on any atom is -0.351 e. The minimum atomic E-state index is -0.698. The molecule has 1 amide bonds. The fourth-order valence-corrected chi connectivity index (χ4v) is 2.92. The molecule has 1 aliphatic heterocycles. The van der Waals surface area contributed by atoms with Gasteiger partial charge in [0.25, 0.3) is 11.6 Å². The van der Waals surface area contributed by atoms with Gasteiger partial charge in [0.2, 0.25) is 11.6 Å². The number of non-ortho nitro benzene ring substituents is 1. The van der Waals surface area contributed by atoms with Crippen molar-refractivity contribution in [1.82, 2.24) is 15.4 Å². The maximum absolute atomic E-state index is 12.2. The number of anilines is 2. The monoisotopic (exact) mass is 387 g/mol. The summed E-state index contributed by atoms with van der Waals surface area (Å²) in [4.78, 5) is 43.1. The van der Waals surface area contributed by atoms with Crippen molar-refractivity contribution in [2.45, 2.75) is 19.3 Å². The molecular formula is C16H17N7O5. The molecule has 0 spiro atoms. The van der Waals surface area contributed by atoms with Crippen molar-refractivity contribution < 1.29 is 14.6 Å². The Morgan fingerprint density at radius 2 is 1.82 bits per heavy atom. The highest BCUT2D eigenvalue weighted by atomic mass is 16.6. The second kappa shape index (κ2) is 8.24. The molecular weight excluding hydrogens is 370 g/mol. The van der Waals surface area contributed by atoms with Crippen LogP contribution >= 0.6 is 0 Å². The molecule has 0 atom stereocenters. The third-order valence-corrected chi connectivity index (χ3v) is 4.25. The predicted octanol–water partition coefficient (Wildman–Crippen LogP) is 2.04. The second-order valence-corrected chi connectivity index (χ2v) is 6.09. The van der Waals surface area contributed by atoms with Crippen LogP contribution in [0.5, 0.6) is 0 Å². The summed E-state index contributed by atoms with van der Waals surface area (Å²) in [6, 6.07) is 5.11. The van der Waals surface area contributed by atoms with E-state index in [9.17, 15) is 25.0 Å². The van der Waals surface area contributed by atoms with Gasteiger partial charge in [-0.1, -0.05) is 6.07 Å². The number of hydrogen-bond donors (Lipinski definition) is 2. The van der Waals surface area contributed by atoms with Crippen LogP contribution in [0.3, 0.4) is 0 Å². The number of nitrogens with zero attached hydrogens (tertiary/aromatic N) is 5. The molecule has 146 valence electrons. The molecule has 28 heavy (non-hydrogen) atoms. The molecule has 2 aromatic rings. The number of nitro benzene ring substituents is 1. The first-order valence-electron chi connectivity index (χ1n) is 8.52. The highest BCUT2D eigenvalue weighted by molar-refractivity contribution is 5.95. The fourth-order valence-electron chi connectivity index (χ4n) is 2.92. The Bertz CT molecular complexity index is 914. The first kappa shape index (κ1) is 18.9. The lowest BCUT2D eigenvalue weighted by atomic mass is 10.1. The van der Waals surface area contributed by atoms with Crippen LogP contribution in [-0.2, 0) is 0 Å². The van der Waals surface area contributed by atoms with Gasteiger partial charge in [-0.25, -0.2) is 9.97 Å². The van der Waals surface area contributed by atoms with E-state index in [1.165, 1.54) is 24.5 Å². The third kappa shape index (κ3) is 4.11. The standard InChI is InChI=1S/C16H17N7O5/c24-16(11-5-4-6-12(9-11)22(25)26)20-19-14-13(23(27)28)15(18-10-17-14)21-7-2-1-3-8-21/h4-6,9-10H,1-3,7-8H2,(H,20,24)(H,17,18,19). The van der Waals surface area contributed by atoms with Gasteiger partial charge in [0.1, 0.15) is 6.33 Å². The molecule has 0 aliphatic carbocycles. The quantitative estimate of drug-likeness (QED) is 0.559. The molecule has 2 N–H and O–H groups in total. The van der Waals surface area contributed by atoms with Gasteiger partial charge in [-0.2, -0.15) is 0 Å². The lowest BCUT2D eigenvalue weighted by Crippen LogP contribution is -2.33. The Morgan fingerprint density at radius 3 is 2.50 bits per heavy atom. The zero-order valence-electron chi connectivity index (χ0n) is 14.7. The molecule has 1 fully saturated rings. The van der Waals surface area contributed by atoms with Crippen molar-refractivity contribution in [2.24, 2.45) is 0 Å². The Balaban J connectivity index is 1.80. The number of carbonyl (C=O) groups excluding carboxylic acids is 1. The summed E-state index contributed by atoms with van der Waals surface area (Å²) in [7, 11) is 0. The van der Waals surface area contributed by atoms with Crippen molar-refractivity contribution in [3.63, 3.8) is 0 Å². The van der Waals surface area contributed by atoms with E-state index in [0.717, 1.165) is 25.3 Å². The maximum atomic E-state index is 12.2. The summed E-state index contributed by atoms with van der Waals surface area (Å²) in [5.74, 6) is -0.678. The van der Waals surface area contributed by atoms with Crippen LogP contribution in [0.25, 0.3) is 0 Å². The van der Waals surface area contributed by atoms with Crippen LogP contribution in [0, 0.1) is 20.2 Å². The van der Waals surface area contributed by atoms with Gasteiger partial charge in [-0.15, -0.1) is 0 Å². The zero-order valence-corrected chi connectivity index (χ0v) is 14.7. The molecule has 1 aromatic carbocycles. The summed E-state index contributed by atoms with van der Waals surface area (Å²) < 4.78 is 0. The average molecular weight is 387 g/mol. The average Bonchev–Trinajstić information content (AvgIpc) is 2.72. The van der Waals surface area contributed by atoms with Gasteiger partial charge in [-0.05, 0) is 25.3 Å². The smallest absolute Gasteiger partial charge is 0.351 e. The van der Waals surface area contributed by atoms with Crippen LogP contribution in [0.4, 0.5) is 23.0 Å². The Labute approximate surface area is 158 Å². The number of amides is 1. The molecule has 12 nitrogen and oxygen atoms in total. The fraction of sp³-hybridized carbons (Fsp3) is 0.312. The van der Waals surface area contributed by atoms with Gasteiger partial charge in [0, 0.05) is 30.8 Å². The molecule has 1 saturated heterocycles. The number of nitro groups is 2.